The Morgan fingerprint density at radius 1 is 1.56 bits per heavy atom. The Balaban J connectivity index is 2.60. The molecule has 0 bridgehead atoms. The summed E-state index contributed by atoms with van der Waals surface area (Å²) in [6.07, 6.45) is 3.22. The van der Waals surface area contributed by atoms with E-state index < -0.39 is 5.97 Å². The molecule has 18 heavy (non-hydrogen) atoms. The molecule has 1 N–H and O–H groups in total. The monoisotopic (exact) mass is 268 g/mol. The predicted octanol–water partition coefficient (Wildman–Crippen LogP) is 2.35. The number of carbonyl (C=O) groups is 1. The van der Waals surface area contributed by atoms with Crippen molar-refractivity contribution in [2.75, 3.05) is 19.1 Å². The molecule has 1 aromatic rings. The van der Waals surface area contributed by atoms with E-state index in [0.717, 1.165) is 17.9 Å². The number of aromatic nitrogens is 1. The quantitative estimate of drug-likeness (QED) is 0.822. The largest absolute Gasteiger partial charge is 0.477 e. The average molecular weight is 268 g/mol. The van der Waals surface area contributed by atoms with Crippen molar-refractivity contribution in [3.05, 3.63) is 29.6 Å². The van der Waals surface area contributed by atoms with Crippen LogP contribution >= 0.6 is 11.8 Å². The molecule has 5 heteroatoms. The molecule has 0 aromatic carbocycles. The molecular weight excluding hydrogens is 248 g/mol. The third-order valence-corrected chi connectivity index (χ3v) is 3.57. The Hall–Kier alpha value is -1.07. The van der Waals surface area contributed by atoms with Crippen molar-refractivity contribution >= 4 is 17.7 Å². The molecule has 100 valence electrons. The molecule has 0 fully saturated rings. The number of nitrogens with zero attached hydrogens (tertiary/aromatic N) is 2. The van der Waals surface area contributed by atoms with Crippen LogP contribution in [-0.2, 0) is 6.54 Å². The van der Waals surface area contributed by atoms with E-state index in [-0.39, 0.29) is 5.69 Å². The van der Waals surface area contributed by atoms with E-state index >= 15 is 0 Å². The van der Waals surface area contributed by atoms with Crippen LogP contribution in [0.1, 0.15) is 29.5 Å². The molecule has 0 aliphatic heterocycles. The second-order valence-corrected chi connectivity index (χ2v) is 5.35. The highest BCUT2D eigenvalue weighted by Gasteiger charge is 2.11. The highest BCUT2D eigenvalue weighted by molar-refractivity contribution is 7.98. The van der Waals surface area contributed by atoms with E-state index in [1.807, 2.05) is 24.9 Å². The first-order valence-electron chi connectivity index (χ1n) is 5.93. The van der Waals surface area contributed by atoms with Crippen LogP contribution in [0.5, 0.6) is 0 Å². The van der Waals surface area contributed by atoms with E-state index in [1.54, 1.807) is 6.07 Å². The smallest absolute Gasteiger partial charge is 0.354 e. The summed E-state index contributed by atoms with van der Waals surface area (Å²) in [6.45, 7) is 2.86. The van der Waals surface area contributed by atoms with Crippen LogP contribution in [0.3, 0.4) is 0 Å². The lowest BCUT2D eigenvalue weighted by atomic mass is 10.2. The summed E-state index contributed by atoms with van der Waals surface area (Å²) >= 11 is 1.84. The summed E-state index contributed by atoms with van der Waals surface area (Å²) in [6, 6.07) is 5.59. The molecule has 1 heterocycles. The molecule has 1 rings (SSSR count). The van der Waals surface area contributed by atoms with Gasteiger partial charge in [-0.15, -0.1) is 0 Å². The minimum absolute atomic E-state index is 0.109. The van der Waals surface area contributed by atoms with Crippen molar-refractivity contribution in [2.45, 2.75) is 25.9 Å². The van der Waals surface area contributed by atoms with Crippen molar-refractivity contribution < 1.29 is 9.90 Å². The van der Waals surface area contributed by atoms with Gasteiger partial charge in [0.2, 0.25) is 0 Å². The molecule has 0 radical (unpaired) electrons. The Labute approximate surface area is 112 Å². The number of hydrogen-bond donors (Lipinski definition) is 1. The number of thioether (sulfide) groups is 1. The van der Waals surface area contributed by atoms with Gasteiger partial charge >= 0.3 is 5.97 Å². The maximum atomic E-state index is 10.8. The molecule has 0 aliphatic rings. The van der Waals surface area contributed by atoms with Crippen molar-refractivity contribution in [3.8, 4) is 0 Å². The summed E-state index contributed by atoms with van der Waals surface area (Å²) in [5.41, 5.74) is 0.908. The van der Waals surface area contributed by atoms with Gasteiger partial charge in [0, 0.05) is 12.6 Å². The van der Waals surface area contributed by atoms with Gasteiger partial charge in [0.1, 0.15) is 5.69 Å². The Morgan fingerprint density at radius 3 is 2.89 bits per heavy atom. The highest BCUT2D eigenvalue weighted by Crippen LogP contribution is 2.10. The van der Waals surface area contributed by atoms with E-state index in [4.69, 9.17) is 5.11 Å². The SMILES string of the molecule is CSCCC(C)N(C)Cc1cccc(C(=O)O)n1. The Morgan fingerprint density at radius 2 is 2.28 bits per heavy atom. The fraction of sp³-hybridized carbons (Fsp3) is 0.538. The average Bonchev–Trinajstić information content (AvgIpc) is 2.36. The fourth-order valence-corrected chi connectivity index (χ4v) is 2.18. The first kappa shape index (κ1) is 15.0. The molecule has 0 amide bonds. The number of aromatic carboxylic acids is 1. The zero-order chi connectivity index (χ0) is 13.5. The van der Waals surface area contributed by atoms with Crippen LogP contribution in [-0.4, -0.2) is 46.1 Å². The lowest BCUT2D eigenvalue weighted by Crippen LogP contribution is -2.29. The summed E-state index contributed by atoms with van der Waals surface area (Å²) in [5, 5.41) is 8.89. The zero-order valence-corrected chi connectivity index (χ0v) is 11.9. The second kappa shape index (κ2) is 7.38. The number of rotatable bonds is 7. The summed E-state index contributed by atoms with van der Waals surface area (Å²) in [5.74, 6) is 0.156. The van der Waals surface area contributed by atoms with Crippen LogP contribution in [0.25, 0.3) is 0 Å². The van der Waals surface area contributed by atoms with Crippen LogP contribution < -0.4 is 0 Å². The van der Waals surface area contributed by atoms with Crippen LogP contribution in [0, 0.1) is 0 Å². The molecule has 4 nitrogen and oxygen atoms in total. The van der Waals surface area contributed by atoms with Crippen molar-refractivity contribution in [2.24, 2.45) is 0 Å². The summed E-state index contributed by atoms with van der Waals surface area (Å²) < 4.78 is 0. The Kier molecular flexibility index (Phi) is 6.15. The van der Waals surface area contributed by atoms with Gasteiger partial charge in [-0.05, 0) is 44.5 Å². The molecule has 1 aromatic heterocycles. The predicted molar refractivity (Wildman–Crippen MR) is 75.1 cm³/mol. The van der Waals surface area contributed by atoms with E-state index in [2.05, 4.69) is 23.1 Å². The lowest BCUT2D eigenvalue weighted by molar-refractivity contribution is 0.0690. The minimum Gasteiger partial charge on any atom is -0.477 e. The second-order valence-electron chi connectivity index (χ2n) is 4.36. The maximum Gasteiger partial charge on any atom is 0.354 e. The highest BCUT2D eigenvalue weighted by atomic mass is 32.2. The van der Waals surface area contributed by atoms with Gasteiger partial charge in [-0.3, -0.25) is 4.90 Å². The first-order chi connectivity index (χ1) is 8.54. The van der Waals surface area contributed by atoms with Crippen molar-refractivity contribution in [1.29, 1.82) is 0 Å². The van der Waals surface area contributed by atoms with Gasteiger partial charge in [-0.2, -0.15) is 11.8 Å². The van der Waals surface area contributed by atoms with Crippen LogP contribution in [0.4, 0.5) is 0 Å². The lowest BCUT2D eigenvalue weighted by Gasteiger charge is -2.24. The molecule has 1 atom stereocenters. The summed E-state index contributed by atoms with van der Waals surface area (Å²) in [7, 11) is 2.04. The molecule has 0 saturated carbocycles. The van der Waals surface area contributed by atoms with Crippen LogP contribution in [0.15, 0.2) is 18.2 Å². The molecular formula is C13H20N2O2S. The maximum absolute atomic E-state index is 10.8. The third kappa shape index (κ3) is 4.66. The minimum atomic E-state index is -0.977. The zero-order valence-electron chi connectivity index (χ0n) is 11.1. The van der Waals surface area contributed by atoms with E-state index in [0.29, 0.717) is 12.6 Å². The topological polar surface area (TPSA) is 53.4 Å². The number of pyridine rings is 1. The van der Waals surface area contributed by atoms with E-state index in [9.17, 15) is 4.79 Å². The Bertz CT molecular complexity index is 398. The van der Waals surface area contributed by atoms with Crippen LogP contribution in [0.2, 0.25) is 0 Å². The molecule has 0 aliphatic carbocycles. The van der Waals surface area contributed by atoms with Gasteiger partial charge < -0.3 is 5.11 Å². The normalized spacial score (nSPS) is 12.7. The molecule has 0 saturated heterocycles. The first-order valence-corrected chi connectivity index (χ1v) is 7.32. The van der Waals surface area contributed by atoms with Gasteiger partial charge in [-0.1, -0.05) is 6.07 Å². The fourth-order valence-electron chi connectivity index (χ4n) is 1.61. The van der Waals surface area contributed by atoms with Gasteiger partial charge in [-0.25, -0.2) is 9.78 Å². The van der Waals surface area contributed by atoms with Crippen molar-refractivity contribution in [1.82, 2.24) is 9.88 Å². The number of carboxylic acids is 1. The van der Waals surface area contributed by atoms with Gasteiger partial charge in [0.05, 0.1) is 5.69 Å². The third-order valence-electron chi connectivity index (χ3n) is 2.93. The standard InChI is InChI=1S/C13H20N2O2S/c1-10(7-8-18-3)15(2)9-11-5-4-6-12(14-11)13(16)17/h4-6,10H,7-9H2,1-3H3,(H,16,17). The van der Waals surface area contributed by atoms with Gasteiger partial charge in [0.15, 0.2) is 0 Å². The number of carboxylic acid groups (broad SMARTS) is 1. The molecule has 1 unspecified atom stereocenters. The van der Waals surface area contributed by atoms with Gasteiger partial charge in [0.25, 0.3) is 0 Å². The van der Waals surface area contributed by atoms with Crippen molar-refractivity contribution in [3.63, 3.8) is 0 Å². The molecule has 0 spiro atoms. The summed E-state index contributed by atoms with van der Waals surface area (Å²) in [4.78, 5) is 17.2. The van der Waals surface area contributed by atoms with E-state index in [1.165, 1.54) is 6.07 Å². The number of hydrogen-bond acceptors (Lipinski definition) is 4.